The van der Waals surface area contributed by atoms with E-state index in [0.717, 1.165) is 19.5 Å². The summed E-state index contributed by atoms with van der Waals surface area (Å²) in [6, 6.07) is 0.692. The molecule has 3 rings (SSSR count). The standard InChI is InChI=1S/C10H15N5O/c1-6-2-8(6)12-10(16)9-5-15(14-13-9)7-3-11-4-7/h5-8,11H,2-4H2,1H3,(H,12,16). The maximum atomic E-state index is 11.7. The highest BCUT2D eigenvalue weighted by Gasteiger charge is 2.34. The number of carbonyl (C=O) groups is 1. The lowest BCUT2D eigenvalue weighted by Crippen LogP contribution is -2.43. The van der Waals surface area contributed by atoms with E-state index in [9.17, 15) is 4.79 Å². The molecule has 1 saturated carbocycles. The Hall–Kier alpha value is -1.43. The summed E-state index contributed by atoms with van der Waals surface area (Å²) in [6.45, 7) is 3.94. The SMILES string of the molecule is CC1CC1NC(=O)c1cn(C2CNC2)nn1. The van der Waals surface area contributed by atoms with Gasteiger partial charge in [0.25, 0.3) is 5.91 Å². The molecule has 2 heterocycles. The van der Waals surface area contributed by atoms with Crippen molar-refractivity contribution in [3.8, 4) is 0 Å². The predicted octanol–water partition coefficient (Wildman–Crippen LogP) is -0.439. The summed E-state index contributed by atoms with van der Waals surface area (Å²) in [7, 11) is 0. The highest BCUT2D eigenvalue weighted by atomic mass is 16.2. The zero-order chi connectivity index (χ0) is 11.1. The van der Waals surface area contributed by atoms with E-state index >= 15 is 0 Å². The van der Waals surface area contributed by atoms with Crippen LogP contribution in [-0.2, 0) is 0 Å². The first kappa shape index (κ1) is 9.77. The van der Waals surface area contributed by atoms with E-state index in [4.69, 9.17) is 0 Å². The zero-order valence-electron chi connectivity index (χ0n) is 9.18. The molecular formula is C10H15N5O. The van der Waals surface area contributed by atoms with E-state index in [-0.39, 0.29) is 5.91 Å². The minimum Gasteiger partial charge on any atom is -0.348 e. The minimum atomic E-state index is -0.104. The Kier molecular flexibility index (Phi) is 2.17. The first-order valence-corrected chi connectivity index (χ1v) is 5.67. The molecule has 1 saturated heterocycles. The van der Waals surface area contributed by atoms with Gasteiger partial charge in [-0.15, -0.1) is 5.10 Å². The molecule has 0 bridgehead atoms. The van der Waals surface area contributed by atoms with Crippen LogP contribution in [0.5, 0.6) is 0 Å². The van der Waals surface area contributed by atoms with E-state index in [1.807, 2.05) is 0 Å². The van der Waals surface area contributed by atoms with Gasteiger partial charge in [-0.2, -0.15) is 0 Å². The van der Waals surface area contributed by atoms with Crippen LogP contribution < -0.4 is 10.6 Å². The molecule has 86 valence electrons. The van der Waals surface area contributed by atoms with E-state index in [0.29, 0.717) is 23.7 Å². The average Bonchev–Trinajstić information content (AvgIpc) is 2.69. The molecule has 1 amide bonds. The largest absolute Gasteiger partial charge is 0.348 e. The van der Waals surface area contributed by atoms with Gasteiger partial charge < -0.3 is 10.6 Å². The molecular weight excluding hydrogens is 206 g/mol. The molecule has 1 aliphatic carbocycles. The van der Waals surface area contributed by atoms with Gasteiger partial charge in [0, 0.05) is 19.1 Å². The Labute approximate surface area is 93.4 Å². The molecule has 1 aromatic heterocycles. The van der Waals surface area contributed by atoms with E-state index in [1.54, 1.807) is 10.9 Å². The van der Waals surface area contributed by atoms with E-state index < -0.39 is 0 Å². The van der Waals surface area contributed by atoms with Crippen LogP contribution in [0.2, 0.25) is 0 Å². The number of amides is 1. The van der Waals surface area contributed by atoms with Gasteiger partial charge >= 0.3 is 0 Å². The molecule has 0 radical (unpaired) electrons. The summed E-state index contributed by atoms with van der Waals surface area (Å²) in [5.41, 5.74) is 0.422. The van der Waals surface area contributed by atoms with Crippen molar-refractivity contribution < 1.29 is 4.79 Å². The molecule has 2 N–H and O–H groups in total. The van der Waals surface area contributed by atoms with Gasteiger partial charge in [0.05, 0.1) is 12.2 Å². The Morgan fingerprint density at radius 1 is 1.62 bits per heavy atom. The fourth-order valence-electron chi connectivity index (χ4n) is 1.79. The molecule has 2 fully saturated rings. The van der Waals surface area contributed by atoms with Crippen LogP contribution in [-0.4, -0.2) is 40.0 Å². The zero-order valence-corrected chi connectivity index (χ0v) is 9.18. The molecule has 0 spiro atoms. The fraction of sp³-hybridized carbons (Fsp3) is 0.700. The third-order valence-corrected chi connectivity index (χ3v) is 3.30. The van der Waals surface area contributed by atoms with Crippen molar-refractivity contribution in [1.29, 1.82) is 0 Å². The molecule has 16 heavy (non-hydrogen) atoms. The molecule has 2 atom stereocenters. The van der Waals surface area contributed by atoms with Gasteiger partial charge in [0.1, 0.15) is 0 Å². The van der Waals surface area contributed by atoms with Crippen LogP contribution in [0.1, 0.15) is 29.9 Å². The Balaban J connectivity index is 1.64. The van der Waals surface area contributed by atoms with Crippen LogP contribution >= 0.6 is 0 Å². The topological polar surface area (TPSA) is 71.8 Å². The van der Waals surface area contributed by atoms with Crippen LogP contribution in [0.25, 0.3) is 0 Å². The van der Waals surface area contributed by atoms with Crippen molar-refractivity contribution in [3.05, 3.63) is 11.9 Å². The van der Waals surface area contributed by atoms with Crippen LogP contribution in [0.3, 0.4) is 0 Å². The Bertz CT molecular complexity index is 411. The van der Waals surface area contributed by atoms with E-state index in [2.05, 4.69) is 27.9 Å². The summed E-state index contributed by atoms with van der Waals surface area (Å²) in [6.07, 6.45) is 2.81. The second-order valence-electron chi connectivity index (χ2n) is 4.69. The summed E-state index contributed by atoms with van der Waals surface area (Å²) < 4.78 is 1.77. The first-order chi connectivity index (χ1) is 7.74. The highest BCUT2D eigenvalue weighted by Crippen LogP contribution is 2.29. The molecule has 1 aromatic rings. The third-order valence-electron chi connectivity index (χ3n) is 3.30. The van der Waals surface area contributed by atoms with Crippen molar-refractivity contribution in [2.24, 2.45) is 5.92 Å². The number of carbonyl (C=O) groups excluding carboxylic acids is 1. The van der Waals surface area contributed by atoms with Crippen molar-refractivity contribution in [2.45, 2.75) is 25.4 Å². The quantitative estimate of drug-likeness (QED) is 0.726. The highest BCUT2D eigenvalue weighted by molar-refractivity contribution is 5.92. The number of hydrogen-bond donors (Lipinski definition) is 2. The third kappa shape index (κ3) is 1.69. The van der Waals surface area contributed by atoms with Crippen LogP contribution in [0, 0.1) is 5.92 Å². The monoisotopic (exact) mass is 221 g/mol. The lowest BCUT2D eigenvalue weighted by molar-refractivity contribution is 0.0944. The normalized spacial score (nSPS) is 28.6. The number of nitrogens with zero attached hydrogens (tertiary/aromatic N) is 3. The van der Waals surface area contributed by atoms with Gasteiger partial charge in [0.15, 0.2) is 5.69 Å². The molecule has 6 nitrogen and oxygen atoms in total. The number of hydrogen-bond acceptors (Lipinski definition) is 4. The van der Waals surface area contributed by atoms with E-state index in [1.165, 1.54) is 0 Å². The molecule has 2 aliphatic rings. The van der Waals surface area contributed by atoms with Gasteiger partial charge in [-0.05, 0) is 12.3 Å². The lowest BCUT2D eigenvalue weighted by atomic mass is 10.2. The summed E-state index contributed by atoms with van der Waals surface area (Å²) in [5, 5.41) is 14.0. The molecule has 2 unspecified atom stereocenters. The average molecular weight is 221 g/mol. The van der Waals surface area contributed by atoms with Crippen molar-refractivity contribution in [3.63, 3.8) is 0 Å². The number of rotatable bonds is 3. The van der Waals surface area contributed by atoms with Gasteiger partial charge in [-0.1, -0.05) is 12.1 Å². The summed E-state index contributed by atoms with van der Waals surface area (Å²) >= 11 is 0. The lowest BCUT2D eigenvalue weighted by Gasteiger charge is -2.26. The second-order valence-corrected chi connectivity index (χ2v) is 4.69. The Morgan fingerprint density at radius 2 is 2.38 bits per heavy atom. The van der Waals surface area contributed by atoms with Crippen molar-refractivity contribution in [2.75, 3.05) is 13.1 Å². The maximum absolute atomic E-state index is 11.7. The number of nitrogens with one attached hydrogen (secondary N) is 2. The Morgan fingerprint density at radius 3 is 2.94 bits per heavy atom. The summed E-state index contributed by atoms with van der Waals surface area (Å²) in [4.78, 5) is 11.7. The van der Waals surface area contributed by atoms with Crippen molar-refractivity contribution in [1.82, 2.24) is 25.6 Å². The maximum Gasteiger partial charge on any atom is 0.273 e. The molecule has 6 heteroatoms. The smallest absolute Gasteiger partial charge is 0.273 e. The van der Waals surface area contributed by atoms with Crippen LogP contribution in [0.4, 0.5) is 0 Å². The predicted molar refractivity (Wildman–Crippen MR) is 57.0 cm³/mol. The number of aromatic nitrogens is 3. The molecule has 0 aromatic carbocycles. The fourth-order valence-corrected chi connectivity index (χ4v) is 1.79. The first-order valence-electron chi connectivity index (χ1n) is 5.67. The van der Waals surface area contributed by atoms with Gasteiger partial charge in [0.2, 0.25) is 0 Å². The van der Waals surface area contributed by atoms with Crippen LogP contribution in [0.15, 0.2) is 6.20 Å². The minimum absolute atomic E-state index is 0.104. The van der Waals surface area contributed by atoms with Gasteiger partial charge in [-0.3, -0.25) is 4.79 Å². The second kappa shape index (κ2) is 3.55. The summed E-state index contributed by atoms with van der Waals surface area (Å²) in [5.74, 6) is 0.503. The van der Waals surface area contributed by atoms with Gasteiger partial charge in [-0.25, -0.2) is 4.68 Å². The molecule has 1 aliphatic heterocycles. The van der Waals surface area contributed by atoms with Crippen molar-refractivity contribution >= 4 is 5.91 Å².